The Bertz CT molecular complexity index is 1370. The van der Waals surface area contributed by atoms with Crippen LogP contribution in [-0.2, 0) is 0 Å². The highest BCUT2D eigenvalue weighted by molar-refractivity contribution is 7.22. The number of rotatable bonds is 5. The smallest absolute Gasteiger partial charge is 0.248 e. The lowest BCUT2D eigenvalue weighted by Gasteiger charge is -2.11. The number of hydrogen-bond acceptors (Lipinski definition) is 9. The number of benzene rings is 2. The fraction of sp³-hybridized carbons (Fsp3) is 0.0476. The van der Waals surface area contributed by atoms with Crippen LogP contribution in [0.4, 0.5) is 16.6 Å². The van der Waals surface area contributed by atoms with Gasteiger partial charge in [0.25, 0.3) is 0 Å². The Hall–Kier alpha value is -3.98. The Morgan fingerprint density at radius 2 is 1.93 bits per heavy atom. The summed E-state index contributed by atoms with van der Waals surface area (Å²) in [6.45, 7) is 0. The third kappa shape index (κ3) is 3.31. The quantitative estimate of drug-likeness (QED) is 0.422. The van der Waals surface area contributed by atoms with Crippen molar-refractivity contribution < 1.29 is 9.47 Å². The summed E-state index contributed by atoms with van der Waals surface area (Å²) in [5.41, 5.74) is 8.15. The van der Waals surface area contributed by atoms with Gasteiger partial charge in [0.1, 0.15) is 23.3 Å². The first kappa shape index (κ1) is 18.1. The molecule has 5 rings (SSSR count). The van der Waals surface area contributed by atoms with Crippen LogP contribution in [0.5, 0.6) is 17.4 Å². The first-order valence-corrected chi connectivity index (χ1v) is 9.86. The van der Waals surface area contributed by atoms with Crippen molar-refractivity contribution in [2.24, 2.45) is 0 Å². The minimum Gasteiger partial charge on any atom is -0.497 e. The van der Waals surface area contributed by atoms with Crippen molar-refractivity contribution in [3.8, 4) is 17.4 Å². The van der Waals surface area contributed by atoms with Gasteiger partial charge in [0.05, 0.1) is 17.3 Å². The molecule has 30 heavy (non-hydrogen) atoms. The molecular formula is C21H16N6O2S. The zero-order chi connectivity index (χ0) is 20.5. The Balaban J connectivity index is 1.46. The first-order chi connectivity index (χ1) is 14.7. The van der Waals surface area contributed by atoms with Gasteiger partial charge >= 0.3 is 0 Å². The third-order valence-electron chi connectivity index (χ3n) is 4.47. The van der Waals surface area contributed by atoms with E-state index in [4.69, 9.17) is 15.2 Å². The summed E-state index contributed by atoms with van der Waals surface area (Å²) >= 11 is 1.47. The van der Waals surface area contributed by atoms with Crippen LogP contribution in [-0.4, -0.2) is 27.0 Å². The number of aromatic nitrogens is 4. The summed E-state index contributed by atoms with van der Waals surface area (Å²) in [7, 11) is 1.63. The second-order valence-corrected chi connectivity index (χ2v) is 7.38. The van der Waals surface area contributed by atoms with Crippen LogP contribution >= 0.6 is 11.3 Å². The lowest BCUT2D eigenvalue weighted by Crippen LogP contribution is -2.03. The van der Waals surface area contributed by atoms with Gasteiger partial charge in [0.15, 0.2) is 16.7 Å². The van der Waals surface area contributed by atoms with Crippen molar-refractivity contribution in [2.45, 2.75) is 0 Å². The third-order valence-corrected chi connectivity index (χ3v) is 5.40. The van der Waals surface area contributed by atoms with Crippen molar-refractivity contribution in [3.63, 3.8) is 0 Å². The molecule has 148 valence electrons. The minimum absolute atomic E-state index is 0.244. The SMILES string of the molecule is COc1ccc2nc(Nc3ncnc(Oc4cccc5cccnc45)c3N)sc2c1. The Kier molecular flexibility index (Phi) is 4.49. The average molecular weight is 416 g/mol. The van der Waals surface area contributed by atoms with Gasteiger partial charge in [-0.2, -0.15) is 4.98 Å². The number of fused-ring (bicyclic) bond motifs is 2. The Morgan fingerprint density at radius 1 is 1.03 bits per heavy atom. The van der Waals surface area contributed by atoms with Crippen molar-refractivity contribution in [1.29, 1.82) is 0 Å². The van der Waals surface area contributed by atoms with E-state index in [2.05, 4.69) is 25.3 Å². The zero-order valence-corrected chi connectivity index (χ0v) is 16.7. The predicted molar refractivity (Wildman–Crippen MR) is 118 cm³/mol. The normalized spacial score (nSPS) is 11.0. The van der Waals surface area contributed by atoms with Gasteiger partial charge in [-0.1, -0.05) is 29.5 Å². The molecule has 0 fully saturated rings. The van der Waals surface area contributed by atoms with E-state index in [0.717, 1.165) is 26.9 Å². The Labute approximate surface area is 175 Å². The van der Waals surface area contributed by atoms with Crippen LogP contribution in [0.3, 0.4) is 0 Å². The molecular weight excluding hydrogens is 400 g/mol. The van der Waals surface area contributed by atoms with Gasteiger partial charge in [-0.25, -0.2) is 9.97 Å². The Morgan fingerprint density at radius 3 is 2.83 bits per heavy atom. The van der Waals surface area contributed by atoms with Crippen LogP contribution in [0.15, 0.2) is 61.1 Å². The van der Waals surface area contributed by atoms with Crippen LogP contribution in [0.1, 0.15) is 0 Å². The summed E-state index contributed by atoms with van der Waals surface area (Å²) in [5, 5.41) is 4.78. The topological polar surface area (TPSA) is 108 Å². The van der Waals surface area contributed by atoms with Crippen LogP contribution < -0.4 is 20.5 Å². The summed E-state index contributed by atoms with van der Waals surface area (Å²) in [6, 6.07) is 15.2. The number of ether oxygens (including phenoxy) is 2. The van der Waals surface area contributed by atoms with Crippen molar-refractivity contribution in [1.82, 2.24) is 19.9 Å². The van der Waals surface area contributed by atoms with Crippen molar-refractivity contribution >= 4 is 49.1 Å². The number of nitrogens with two attached hydrogens (primary N) is 1. The molecule has 0 saturated carbocycles. The van der Waals surface area contributed by atoms with E-state index < -0.39 is 0 Å². The molecule has 0 saturated heterocycles. The van der Waals surface area contributed by atoms with Gasteiger partial charge < -0.3 is 20.5 Å². The molecule has 0 amide bonds. The molecule has 5 aromatic rings. The number of hydrogen-bond donors (Lipinski definition) is 2. The molecule has 0 atom stereocenters. The fourth-order valence-corrected chi connectivity index (χ4v) is 3.90. The first-order valence-electron chi connectivity index (χ1n) is 9.05. The summed E-state index contributed by atoms with van der Waals surface area (Å²) < 4.78 is 12.2. The van der Waals surface area contributed by atoms with Crippen LogP contribution in [0, 0.1) is 0 Å². The van der Waals surface area contributed by atoms with E-state index in [9.17, 15) is 0 Å². The molecule has 0 radical (unpaired) electrons. The molecule has 0 spiro atoms. The fourth-order valence-electron chi connectivity index (χ4n) is 3.01. The van der Waals surface area contributed by atoms with Gasteiger partial charge in [0, 0.05) is 11.6 Å². The van der Waals surface area contributed by atoms with E-state index >= 15 is 0 Å². The second kappa shape index (κ2) is 7.45. The van der Waals surface area contributed by atoms with Crippen molar-refractivity contribution in [3.05, 3.63) is 61.1 Å². The molecule has 0 unspecified atom stereocenters. The molecule has 3 heterocycles. The number of pyridine rings is 1. The van der Waals surface area contributed by atoms with Gasteiger partial charge in [-0.15, -0.1) is 0 Å². The molecule has 0 aliphatic carbocycles. The monoisotopic (exact) mass is 416 g/mol. The van der Waals surface area contributed by atoms with Gasteiger partial charge in [-0.3, -0.25) is 4.98 Å². The summed E-state index contributed by atoms with van der Waals surface area (Å²) in [4.78, 5) is 17.4. The number of anilines is 3. The van der Waals surface area contributed by atoms with E-state index in [1.807, 2.05) is 48.5 Å². The predicted octanol–water partition coefficient (Wildman–Crippen LogP) is 4.76. The molecule has 0 aliphatic heterocycles. The number of nitrogen functional groups attached to an aromatic ring is 1. The molecule has 8 nitrogen and oxygen atoms in total. The number of para-hydroxylation sites is 1. The van der Waals surface area contributed by atoms with E-state index in [1.54, 1.807) is 13.3 Å². The lowest BCUT2D eigenvalue weighted by atomic mass is 10.2. The molecule has 9 heteroatoms. The maximum absolute atomic E-state index is 6.29. The number of nitrogens with one attached hydrogen (secondary N) is 1. The molecule has 3 N–H and O–H groups in total. The summed E-state index contributed by atoms with van der Waals surface area (Å²) in [6.07, 6.45) is 3.11. The minimum atomic E-state index is 0.244. The number of nitrogens with zero attached hydrogens (tertiary/aromatic N) is 4. The molecule has 0 bridgehead atoms. The largest absolute Gasteiger partial charge is 0.497 e. The van der Waals surface area contributed by atoms with Crippen LogP contribution in [0.2, 0.25) is 0 Å². The highest BCUT2D eigenvalue weighted by Gasteiger charge is 2.14. The van der Waals surface area contributed by atoms with E-state index in [-0.39, 0.29) is 11.6 Å². The van der Waals surface area contributed by atoms with E-state index in [1.165, 1.54) is 17.7 Å². The highest BCUT2D eigenvalue weighted by atomic mass is 32.1. The standard InChI is InChI=1S/C21H16N6O2S/c1-28-13-7-8-14-16(10-13)30-21(26-14)27-19-17(22)20(25-11-24-19)29-15-6-2-4-12-5-3-9-23-18(12)15/h2-11H,22H2,1H3,(H,24,25,26,27). The zero-order valence-electron chi connectivity index (χ0n) is 15.9. The highest BCUT2D eigenvalue weighted by Crippen LogP contribution is 2.35. The second-order valence-electron chi connectivity index (χ2n) is 6.35. The molecule has 2 aromatic carbocycles. The molecule has 3 aromatic heterocycles. The van der Waals surface area contributed by atoms with Crippen molar-refractivity contribution in [2.75, 3.05) is 18.2 Å². The van der Waals surface area contributed by atoms with E-state index in [0.29, 0.717) is 16.7 Å². The lowest BCUT2D eigenvalue weighted by molar-refractivity contribution is 0.415. The van der Waals surface area contributed by atoms with Gasteiger partial charge in [-0.05, 0) is 30.3 Å². The maximum Gasteiger partial charge on any atom is 0.248 e. The summed E-state index contributed by atoms with van der Waals surface area (Å²) in [5.74, 6) is 2.00. The average Bonchev–Trinajstić information content (AvgIpc) is 3.18. The molecule has 0 aliphatic rings. The van der Waals surface area contributed by atoms with Gasteiger partial charge in [0.2, 0.25) is 5.88 Å². The number of methoxy groups -OCH3 is 1. The maximum atomic E-state index is 6.29. The van der Waals surface area contributed by atoms with Crippen LogP contribution in [0.25, 0.3) is 21.1 Å². The number of thiazole rings is 1.